The molecule has 1 aliphatic rings. The van der Waals surface area contributed by atoms with Crippen LogP contribution >= 0.6 is 0 Å². The fourth-order valence-electron chi connectivity index (χ4n) is 4.65. The lowest BCUT2D eigenvalue weighted by Crippen LogP contribution is -2.49. The number of imide groups is 1. The number of unbranched alkanes of at least 4 members (excludes halogenated alkanes) is 4. The third kappa shape index (κ3) is 4.95. The molecule has 0 N–H and O–H groups in total. The van der Waals surface area contributed by atoms with Gasteiger partial charge in [-0.3, -0.25) is 4.79 Å². The lowest BCUT2D eigenvalue weighted by molar-refractivity contribution is -0.129. The molecule has 0 bridgehead atoms. The van der Waals surface area contributed by atoms with Gasteiger partial charge < -0.3 is 4.74 Å². The van der Waals surface area contributed by atoms with Crippen LogP contribution in [0.5, 0.6) is 0 Å². The number of nitrogens with zero attached hydrogens (tertiary/aromatic N) is 1. The Morgan fingerprint density at radius 1 is 0.969 bits per heavy atom. The molecular weight excluding hydrogens is 398 g/mol. The monoisotopic (exact) mass is 433 g/mol. The number of ether oxygens (including phenoxy) is 1. The standard InChI is InChI=1S/C28H35NO3/c1-4-5-6-7-8-9-16-21-25(30)29-26(22(2)3)28(32-27(29)31,23-17-12-10-13-18-23)24-19-14-11-15-20-24/h9-20,22,26H,4-8,21H2,1-3H3/b16-9+/t26-/m0/s1. The Bertz CT molecular complexity index is 865. The zero-order valence-electron chi connectivity index (χ0n) is 19.5. The van der Waals surface area contributed by atoms with Crippen molar-refractivity contribution in [1.29, 1.82) is 0 Å². The van der Waals surface area contributed by atoms with Gasteiger partial charge in [0.05, 0.1) is 6.04 Å². The van der Waals surface area contributed by atoms with E-state index in [1.54, 1.807) is 0 Å². The van der Waals surface area contributed by atoms with E-state index >= 15 is 0 Å². The Labute approximate surface area is 192 Å². The maximum Gasteiger partial charge on any atom is 0.418 e. The summed E-state index contributed by atoms with van der Waals surface area (Å²) in [5.41, 5.74) is 0.716. The van der Waals surface area contributed by atoms with Gasteiger partial charge in [0.15, 0.2) is 5.60 Å². The second kappa shape index (κ2) is 11.1. The van der Waals surface area contributed by atoms with Crippen molar-refractivity contribution in [2.75, 3.05) is 0 Å². The van der Waals surface area contributed by atoms with Crippen LogP contribution in [0.1, 0.15) is 70.4 Å². The maximum atomic E-state index is 13.2. The highest BCUT2D eigenvalue weighted by Gasteiger charge is 2.59. The lowest BCUT2D eigenvalue weighted by Gasteiger charge is -2.37. The fraction of sp³-hybridized carbons (Fsp3) is 0.429. The first-order chi connectivity index (χ1) is 15.5. The Balaban J connectivity index is 1.90. The lowest BCUT2D eigenvalue weighted by atomic mass is 9.75. The van der Waals surface area contributed by atoms with E-state index in [1.165, 1.54) is 24.2 Å². The van der Waals surface area contributed by atoms with E-state index in [9.17, 15) is 9.59 Å². The number of allylic oxidation sites excluding steroid dienone is 1. The van der Waals surface area contributed by atoms with Gasteiger partial charge >= 0.3 is 6.09 Å². The summed E-state index contributed by atoms with van der Waals surface area (Å²) in [6.07, 6.45) is 9.32. The average Bonchev–Trinajstić information content (AvgIpc) is 3.14. The van der Waals surface area contributed by atoms with Gasteiger partial charge in [0.2, 0.25) is 5.91 Å². The van der Waals surface area contributed by atoms with Crippen molar-refractivity contribution in [3.05, 3.63) is 83.9 Å². The highest BCUT2D eigenvalue weighted by atomic mass is 16.6. The zero-order valence-corrected chi connectivity index (χ0v) is 19.5. The smallest absolute Gasteiger partial charge is 0.418 e. The molecule has 2 amide bonds. The van der Waals surface area contributed by atoms with Gasteiger partial charge in [0.25, 0.3) is 0 Å². The quantitative estimate of drug-likeness (QED) is 0.304. The second-order valence-corrected chi connectivity index (χ2v) is 8.81. The zero-order chi connectivity index (χ0) is 23.0. The summed E-state index contributed by atoms with van der Waals surface area (Å²) in [5.74, 6) is -0.212. The van der Waals surface area contributed by atoms with E-state index in [0.29, 0.717) is 0 Å². The summed E-state index contributed by atoms with van der Waals surface area (Å²) in [6, 6.07) is 19.1. The van der Waals surface area contributed by atoms with E-state index in [1.807, 2.05) is 80.6 Å². The Hall–Kier alpha value is -2.88. The van der Waals surface area contributed by atoms with Crippen LogP contribution in [0, 0.1) is 5.92 Å². The van der Waals surface area contributed by atoms with Crippen molar-refractivity contribution in [2.45, 2.75) is 70.9 Å². The summed E-state index contributed by atoms with van der Waals surface area (Å²) in [4.78, 5) is 27.7. The van der Waals surface area contributed by atoms with E-state index in [2.05, 4.69) is 13.0 Å². The van der Waals surface area contributed by atoms with Crippen LogP contribution < -0.4 is 0 Å². The van der Waals surface area contributed by atoms with E-state index in [4.69, 9.17) is 4.74 Å². The van der Waals surface area contributed by atoms with Crippen LogP contribution in [0.25, 0.3) is 0 Å². The van der Waals surface area contributed by atoms with Gasteiger partial charge in [-0.1, -0.05) is 113 Å². The van der Waals surface area contributed by atoms with Crippen molar-refractivity contribution < 1.29 is 14.3 Å². The van der Waals surface area contributed by atoms with Crippen molar-refractivity contribution in [3.63, 3.8) is 0 Å². The minimum Gasteiger partial charge on any atom is -0.430 e. The maximum absolute atomic E-state index is 13.2. The van der Waals surface area contributed by atoms with Crippen molar-refractivity contribution in [2.24, 2.45) is 5.92 Å². The van der Waals surface area contributed by atoms with Gasteiger partial charge in [-0.15, -0.1) is 0 Å². The molecule has 0 unspecified atom stereocenters. The van der Waals surface area contributed by atoms with E-state index in [-0.39, 0.29) is 18.2 Å². The minimum absolute atomic E-state index is 0.00355. The number of amides is 2. The number of cyclic esters (lactones) is 1. The minimum atomic E-state index is -1.03. The van der Waals surface area contributed by atoms with Crippen LogP contribution in [0.15, 0.2) is 72.8 Å². The first-order valence-corrected chi connectivity index (χ1v) is 11.8. The van der Waals surface area contributed by atoms with Crippen LogP contribution in [0.3, 0.4) is 0 Å². The third-order valence-electron chi connectivity index (χ3n) is 6.13. The molecule has 0 saturated carbocycles. The van der Waals surface area contributed by atoms with Crippen LogP contribution in [-0.4, -0.2) is 22.9 Å². The van der Waals surface area contributed by atoms with Crippen molar-refractivity contribution in [1.82, 2.24) is 4.90 Å². The van der Waals surface area contributed by atoms with Gasteiger partial charge in [-0.25, -0.2) is 9.69 Å². The number of benzene rings is 2. The molecule has 32 heavy (non-hydrogen) atoms. The van der Waals surface area contributed by atoms with Gasteiger partial charge in [-0.2, -0.15) is 0 Å². The molecule has 0 radical (unpaired) electrons. The Morgan fingerprint density at radius 3 is 2.09 bits per heavy atom. The number of hydrogen-bond acceptors (Lipinski definition) is 3. The number of carbonyl (C=O) groups is 2. The molecule has 1 fully saturated rings. The predicted molar refractivity (Wildman–Crippen MR) is 128 cm³/mol. The average molecular weight is 434 g/mol. The third-order valence-corrected chi connectivity index (χ3v) is 6.13. The van der Waals surface area contributed by atoms with Gasteiger partial charge in [0.1, 0.15) is 0 Å². The highest BCUT2D eigenvalue weighted by Crippen LogP contribution is 2.47. The topological polar surface area (TPSA) is 46.6 Å². The molecule has 1 heterocycles. The Morgan fingerprint density at radius 2 is 1.56 bits per heavy atom. The molecule has 170 valence electrons. The summed E-state index contributed by atoms with van der Waals surface area (Å²) in [6.45, 7) is 6.27. The molecule has 2 aromatic carbocycles. The molecule has 0 aliphatic carbocycles. The fourth-order valence-corrected chi connectivity index (χ4v) is 4.65. The molecule has 1 saturated heterocycles. The number of carbonyl (C=O) groups excluding carboxylic acids is 2. The molecule has 4 heteroatoms. The predicted octanol–water partition coefficient (Wildman–Crippen LogP) is 6.85. The highest BCUT2D eigenvalue weighted by molar-refractivity contribution is 5.95. The number of rotatable bonds is 10. The second-order valence-electron chi connectivity index (χ2n) is 8.81. The molecular formula is C28H35NO3. The van der Waals surface area contributed by atoms with Gasteiger partial charge in [-0.05, 0) is 18.8 Å². The van der Waals surface area contributed by atoms with Crippen LogP contribution in [-0.2, 0) is 15.1 Å². The van der Waals surface area contributed by atoms with Crippen LogP contribution in [0.4, 0.5) is 4.79 Å². The largest absolute Gasteiger partial charge is 0.430 e. The molecule has 2 aromatic rings. The van der Waals surface area contributed by atoms with E-state index in [0.717, 1.165) is 24.0 Å². The normalized spacial score (nSPS) is 17.8. The van der Waals surface area contributed by atoms with Crippen LogP contribution in [0.2, 0.25) is 0 Å². The SMILES string of the molecule is CCCCCC/C=C/CC(=O)N1C(=O)OC(c2ccccc2)(c2ccccc2)[C@@H]1C(C)C. The molecule has 1 atom stereocenters. The Kier molecular flexibility index (Phi) is 8.26. The molecule has 0 spiro atoms. The summed E-state index contributed by atoms with van der Waals surface area (Å²) in [5, 5.41) is 0. The summed E-state index contributed by atoms with van der Waals surface area (Å²) in [7, 11) is 0. The molecule has 1 aliphatic heterocycles. The molecule has 0 aromatic heterocycles. The first kappa shape index (κ1) is 23.8. The molecule has 4 nitrogen and oxygen atoms in total. The van der Waals surface area contributed by atoms with Crippen molar-refractivity contribution in [3.8, 4) is 0 Å². The summed E-state index contributed by atoms with van der Waals surface area (Å²) >= 11 is 0. The number of hydrogen-bond donors (Lipinski definition) is 0. The van der Waals surface area contributed by atoms with Gasteiger partial charge in [0, 0.05) is 17.5 Å². The molecule has 3 rings (SSSR count). The van der Waals surface area contributed by atoms with Crippen molar-refractivity contribution >= 4 is 12.0 Å². The summed E-state index contributed by atoms with van der Waals surface area (Å²) < 4.78 is 6.14. The first-order valence-electron chi connectivity index (χ1n) is 11.8. The van der Waals surface area contributed by atoms with E-state index < -0.39 is 17.7 Å².